The highest BCUT2D eigenvalue weighted by Crippen LogP contribution is 2.33. The number of hydrogen-bond acceptors (Lipinski definition) is 4. The number of nitrogens with zero attached hydrogens (tertiary/aromatic N) is 3. The summed E-state index contributed by atoms with van der Waals surface area (Å²) >= 11 is 0. The van der Waals surface area contributed by atoms with Crippen molar-refractivity contribution in [3.8, 4) is 22.3 Å². The van der Waals surface area contributed by atoms with Gasteiger partial charge in [-0.15, -0.1) is 0 Å². The Hall–Kier alpha value is -5.09. The van der Waals surface area contributed by atoms with Crippen LogP contribution >= 0.6 is 0 Å². The Bertz CT molecular complexity index is 2100. The van der Waals surface area contributed by atoms with Crippen LogP contribution in [0.15, 0.2) is 102 Å². The molecule has 5 nitrogen and oxygen atoms in total. The Morgan fingerprint density at radius 3 is 1.52 bits per heavy atom. The SMILES string of the molecule is CC(C)(C)S(=O)N=Cc1ccc2cccnc2c1-c1cc(F)cc(F)c1.O=Cc1ccc2cccnc2c1-c1cc(F)cc(F)c1. The molecule has 0 bridgehead atoms. The number of aromatic nitrogens is 2. The minimum atomic E-state index is -1.44. The second-order valence-electron chi connectivity index (χ2n) is 11.2. The lowest BCUT2D eigenvalue weighted by atomic mass is 9.96. The largest absolute Gasteiger partial charge is 0.298 e. The van der Waals surface area contributed by atoms with Crippen molar-refractivity contribution in [2.24, 2.45) is 4.40 Å². The molecule has 0 N–H and O–H groups in total. The molecule has 0 spiro atoms. The van der Waals surface area contributed by atoms with E-state index in [2.05, 4.69) is 14.4 Å². The molecule has 0 fully saturated rings. The molecule has 46 heavy (non-hydrogen) atoms. The van der Waals surface area contributed by atoms with Crippen molar-refractivity contribution in [2.45, 2.75) is 25.5 Å². The summed E-state index contributed by atoms with van der Waals surface area (Å²) in [6.45, 7) is 5.47. The molecule has 1 atom stereocenters. The van der Waals surface area contributed by atoms with Crippen LogP contribution < -0.4 is 0 Å². The lowest BCUT2D eigenvalue weighted by molar-refractivity contribution is 0.112. The summed E-state index contributed by atoms with van der Waals surface area (Å²) in [5.41, 5.74) is 3.74. The molecular formula is C36H27F4N3O2S. The highest BCUT2D eigenvalue weighted by molar-refractivity contribution is 7.85. The van der Waals surface area contributed by atoms with Crippen LogP contribution in [-0.2, 0) is 11.0 Å². The maximum absolute atomic E-state index is 13.8. The van der Waals surface area contributed by atoms with Gasteiger partial charge in [0.05, 0.1) is 15.8 Å². The number of benzene rings is 4. The van der Waals surface area contributed by atoms with Crippen LogP contribution in [0, 0.1) is 23.3 Å². The van der Waals surface area contributed by atoms with Gasteiger partial charge in [-0.1, -0.05) is 36.4 Å². The van der Waals surface area contributed by atoms with E-state index in [0.717, 1.165) is 22.9 Å². The normalized spacial score (nSPS) is 12.2. The van der Waals surface area contributed by atoms with Gasteiger partial charge in [-0.05, 0) is 68.3 Å². The van der Waals surface area contributed by atoms with Gasteiger partial charge in [0.15, 0.2) is 6.29 Å². The molecule has 0 amide bonds. The van der Waals surface area contributed by atoms with E-state index in [4.69, 9.17) is 0 Å². The van der Waals surface area contributed by atoms with Crippen molar-refractivity contribution in [2.75, 3.05) is 0 Å². The Morgan fingerprint density at radius 1 is 0.652 bits per heavy atom. The molecule has 4 aromatic carbocycles. The van der Waals surface area contributed by atoms with E-state index in [1.54, 1.807) is 42.7 Å². The molecule has 0 saturated carbocycles. The summed E-state index contributed by atoms with van der Waals surface area (Å²) < 4.78 is 70.2. The Balaban J connectivity index is 0.000000187. The topological polar surface area (TPSA) is 72.3 Å². The van der Waals surface area contributed by atoms with Gasteiger partial charge in [0, 0.05) is 63.8 Å². The maximum atomic E-state index is 13.8. The van der Waals surface area contributed by atoms with Crippen LogP contribution in [-0.4, -0.2) is 31.4 Å². The predicted molar refractivity (Wildman–Crippen MR) is 175 cm³/mol. The molecule has 0 aliphatic rings. The molecule has 2 heterocycles. The second-order valence-corrected chi connectivity index (χ2v) is 13.2. The van der Waals surface area contributed by atoms with Crippen molar-refractivity contribution < 1.29 is 26.6 Å². The van der Waals surface area contributed by atoms with E-state index < -0.39 is 39.0 Å². The minimum absolute atomic E-state index is 0.300. The number of carbonyl (C=O) groups excluding carboxylic acids is 1. The third kappa shape index (κ3) is 7.24. The van der Waals surface area contributed by atoms with E-state index in [1.807, 2.05) is 39.0 Å². The van der Waals surface area contributed by atoms with Crippen molar-refractivity contribution in [3.63, 3.8) is 0 Å². The number of carbonyl (C=O) groups is 1. The molecular weight excluding hydrogens is 614 g/mol. The maximum Gasteiger partial charge on any atom is 0.150 e. The molecule has 6 aromatic rings. The smallest absolute Gasteiger partial charge is 0.150 e. The van der Waals surface area contributed by atoms with Crippen molar-refractivity contribution >= 4 is 45.3 Å². The standard InChI is InChI=1S/C20H18F2N2OS.C16H9F2NO/c1-20(2,3)26(25)24-12-14-7-6-13-5-4-8-23-19(13)18(14)15-9-16(21)11-17(22)10-15;17-13-6-12(7-14(18)8-13)15-11(9-20)4-3-10-2-1-5-19-16(10)15/h4-12H,1-3H3;1-9H. The number of halogens is 4. The fourth-order valence-electron chi connectivity index (χ4n) is 4.79. The third-order valence-electron chi connectivity index (χ3n) is 6.85. The molecule has 0 radical (unpaired) electrons. The first-order chi connectivity index (χ1) is 21.9. The quantitative estimate of drug-likeness (QED) is 0.107. The molecule has 2 aromatic heterocycles. The molecule has 0 aliphatic carbocycles. The fraction of sp³-hybridized carbons (Fsp3) is 0.111. The van der Waals surface area contributed by atoms with Crippen LogP contribution in [0.3, 0.4) is 0 Å². The average molecular weight is 642 g/mol. The monoisotopic (exact) mass is 641 g/mol. The molecule has 232 valence electrons. The zero-order valence-electron chi connectivity index (χ0n) is 25.0. The number of hydrogen-bond donors (Lipinski definition) is 0. The minimum Gasteiger partial charge on any atom is -0.298 e. The van der Waals surface area contributed by atoms with E-state index in [9.17, 15) is 26.6 Å². The highest BCUT2D eigenvalue weighted by atomic mass is 32.2. The van der Waals surface area contributed by atoms with Gasteiger partial charge in [-0.3, -0.25) is 14.8 Å². The van der Waals surface area contributed by atoms with Crippen LogP contribution in [0.4, 0.5) is 17.6 Å². The number of aldehydes is 1. The first-order valence-corrected chi connectivity index (χ1v) is 15.1. The zero-order valence-corrected chi connectivity index (χ0v) is 25.8. The molecule has 1 unspecified atom stereocenters. The van der Waals surface area contributed by atoms with Crippen molar-refractivity contribution in [1.82, 2.24) is 9.97 Å². The zero-order chi connectivity index (χ0) is 33.0. The Kier molecular flexibility index (Phi) is 9.48. The number of pyridine rings is 2. The van der Waals surface area contributed by atoms with Crippen molar-refractivity contribution in [3.05, 3.63) is 132 Å². The molecule has 6 rings (SSSR count). The van der Waals surface area contributed by atoms with E-state index in [-0.39, 0.29) is 0 Å². The lowest BCUT2D eigenvalue weighted by Crippen LogP contribution is -2.19. The summed E-state index contributed by atoms with van der Waals surface area (Å²) in [5.74, 6) is -2.72. The van der Waals surface area contributed by atoms with Gasteiger partial charge in [0.1, 0.15) is 34.3 Å². The molecule has 10 heteroatoms. The summed E-state index contributed by atoms with van der Waals surface area (Å²) in [6.07, 6.45) is 5.34. The van der Waals surface area contributed by atoms with Gasteiger partial charge >= 0.3 is 0 Å². The van der Waals surface area contributed by atoms with Crippen LogP contribution in [0.5, 0.6) is 0 Å². The third-order valence-corrected chi connectivity index (χ3v) is 8.20. The van der Waals surface area contributed by atoms with Gasteiger partial charge in [-0.2, -0.15) is 4.40 Å². The summed E-state index contributed by atoms with van der Waals surface area (Å²) in [4.78, 5) is 19.8. The summed E-state index contributed by atoms with van der Waals surface area (Å²) in [6, 6.07) is 20.8. The molecule has 0 saturated heterocycles. The average Bonchev–Trinajstić information content (AvgIpc) is 3.01. The first-order valence-electron chi connectivity index (χ1n) is 14.0. The number of rotatable bonds is 5. The fourth-order valence-corrected chi connectivity index (χ4v) is 5.32. The van der Waals surface area contributed by atoms with Gasteiger partial charge < -0.3 is 0 Å². The first kappa shape index (κ1) is 32.3. The Labute approximate surface area is 265 Å². The predicted octanol–water partition coefficient (Wildman–Crippen LogP) is 9.05. The van der Waals surface area contributed by atoms with Gasteiger partial charge in [0.2, 0.25) is 0 Å². The van der Waals surface area contributed by atoms with E-state index in [1.165, 1.54) is 30.5 Å². The van der Waals surface area contributed by atoms with E-state index in [0.29, 0.717) is 50.7 Å². The number of fused-ring (bicyclic) bond motifs is 2. The molecule has 0 aliphatic heterocycles. The summed E-state index contributed by atoms with van der Waals surface area (Å²) in [7, 11) is -1.44. The van der Waals surface area contributed by atoms with Crippen molar-refractivity contribution in [1.29, 1.82) is 0 Å². The van der Waals surface area contributed by atoms with Crippen LogP contribution in [0.2, 0.25) is 0 Å². The van der Waals surface area contributed by atoms with E-state index >= 15 is 0 Å². The Morgan fingerprint density at radius 2 is 1.09 bits per heavy atom. The highest BCUT2D eigenvalue weighted by Gasteiger charge is 2.19. The van der Waals surface area contributed by atoms with Gasteiger partial charge in [-0.25, -0.2) is 21.8 Å². The second kappa shape index (κ2) is 13.5. The van der Waals surface area contributed by atoms with Crippen LogP contribution in [0.1, 0.15) is 36.7 Å². The van der Waals surface area contributed by atoms with Gasteiger partial charge in [0.25, 0.3) is 0 Å². The lowest BCUT2D eigenvalue weighted by Gasteiger charge is -2.14. The summed E-state index contributed by atoms with van der Waals surface area (Å²) in [5, 5.41) is 1.64. The van der Waals surface area contributed by atoms with Crippen LogP contribution in [0.25, 0.3) is 44.1 Å².